The molecule has 156 valence electrons. The van der Waals surface area contributed by atoms with Crippen LogP contribution in [0.15, 0.2) is 28.7 Å². The van der Waals surface area contributed by atoms with Crippen molar-refractivity contribution in [2.45, 2.75) is 38.6 Å². The molecule has 1 rings (SSSR count). The van der Waals surface area contributed by atoms with Crippen LogP contribution in [0.25, 0.3) is 0 Å². The average Bonchev–Trinajstić information content (AvgIpc) is 2.51. The van der Waals surface area contributed by atoms with Gasteiger partial charge in [-0.25, -0.2) is 9.59 Å². The summed E-state index contributed by atoms with van der Waals surface area (Å²) in [5.41, 5.74) is -1.14. The molecule has 0 aliphatic carbocycles. The largest absolute Gasteiger partial charge is 0.474 e. The van der Waals surface area contributed by atoms with Gasteiger partial charge in [-0.15, -0.1) is 0 Å². The van der Waals surface area contributed by atoms with Crippen LogP contribution < -0.4 is 5.32 Å². The van der Waals surface area contributed by atoms with Gasteiger partial charge >= 0.3 is 24.1 Å². The van der Waals surface area contributed by atoms with E-state index in [1.165, 1.54) is 12.1 Å². The molecule has 1 atom stereocenters. The molecule has 0 heterocycles. The normalized spacial score (nSPS) is 12.8. The molecule has 0 aromatic heterocycles. The van der Waals surface area contributed by atoms with Crippen LogP contribution in [0.1, 0.15) is 32.4 Å². The second kappa shape index (κ2) is 9.26. The van der Waals surface area contributed by atoms with Crippen LogP contribution >= 0.6 is 15.9 Å². The van der Waals surface area contributed by atoms with Crippen LogP contribution in [0.5, 0.6) is 0 Å². The molecule has 11 heteroatoms. The Morgan fingerprint density at radius 3 is 2.14 bits per heavy atom. The molecule has 7 nitrogen and oxygen atoms in total. The van der Waals surface area contributed by atoms with E-state index in [2.05, 4.69) is 21.2 Å². The molecule has 0 aliphatic heterocycles. The van der Waals surface area contributed by atoms with Gasteiger partial charge in [0.15, 0.2) is 6.04 Å². The van der Waals surface area contributed by atoms with Crippen molar-refractivity contribution in [1.29, 1.82) is 0 Å². The first-order valence-corrected chi connectivity index (χ1v) is 8.84. The summed E-state index contributed by atoms with van der Waals surface area (Å²) in [7, 11) is 0. The Labute approximate surface area is 168 Å². The molecule has 0 fully saturated rings. The number of alkyl carbamates (subject to hydrolysis) is 1. The van der Waals surface area contributed by atoms with Crippen LogP contribution in [0.2, 0.25) is 0 Å². The minimum atomic E-state index is -4.94. The third kappa shape index (κ3) is 7.37. The molecule has 1 aromatic carbocycles. The summed E-state index contributed by atoms with van der Waals surface area (Å²) in [5.74, 6) is -3.78. The van der Waals surface area contributed by atoms with E-state index in [-0.39, 0.29) is 10.5 Å². The summed E-state index contributed by atoms with van der Waals surface area (Å²) in [6, 6.07) is 2.45. The fraction of sp³-hybridized carbons (Fsp3) is 0.471. The lowest BCUT2D eigenvalue weighted by atomic mass is 10.0. The topological polar surface area (TPSA) is 95.9 Å². The second-order valence-corrected chi connectivity index (χ2v) is 7.64. The summed E-state index contributed by atoms with van der Waals surface area (Å²) in [4.78, 5) is 34.8. The van der Waals surface area contributed by atoms with Crippen LogP contribution in [0, 0.1) is 0 Å². The standard InChI is InChI=1S/C17H20BrF3N2O5/c1-16(2,3)28-15(27)22-8-9-23(13(24)14(25)26)12(17(19,20)21)10-4-6-11(18)7-5-10/h4-7,12H,8-9H2,1-3H3,(H,22,27)(H,25,26). The van der Waals surface area contributed by atoms with Gasteiger partial charge in [-0.05, 0) is 38.5 Å². The van der Waals surface area contributed by atoms with Gasteiger partial charge in [0.1, 0.15) is 5.60 Å². The highest BCUT2D eigenvalue weighted by Crippen LogP contribution is 2.38. The Balaban J connectivity index is 3.08. The smallest absolute Gasteiger partial charge is 0.413 e. The van der Waals surface area contributed by atoms with E-state index in [1.54, 1.807) is 20.8 Å². The minimum Gasteiger partial charge on any atom is -0.474 e. The Hall–Kier alpha value is -2.30. The third-order valence-corrected chi connectivity index (χ3v) is 3.80. The van der Waals surface area contributed by atoms with Gasteiger partial charge in [0, 0.05) is 17.6 Å². The van der Waals surface area contributed by atoms with Gasteiger partial charge in [-0.3, -0.25) is 4.79 Å². The van der Waals surface area contributed by atoms with E-state index in [0.717, 1.165) is 12.1 Å². The number of nitrogens with zero attached hydrogens (tertiary/aromatic N) is 1. The number of carbonyl (C=O) groups excluding carboxylic acids is 2. The van der Waals surface area contributed by atoms with Crippen LogP contribution in [0.4, 0.5) is 18.0 Å². The first-order chi connectivity index (χ1) is 12.7. The van der Waals surface area contributed by atoms with Crippen molar-refractivity contribution in [2.75, 3.05) is 13.1 Å². The lowest BCUT2D eigenvalue weighted by Gasteiger charge is -2.32. The zero-order chi connectivity index (χ0) is 21.7. The van der Waals surface area contributed by atoms with E-state index in [4.69, 9.17) is 9.84 Å². The molecule has 0 saturated heterocycles. The Morgan fingerprint density at radius 2 is 1.71 bits per heavy atom. The number of amides is 2. The van der Waals surface area contributed by atoms with Gasteiger partial charge in [0.05, 0.1) is 0 Å². The first-order valence-electron chi connectivity index (χ1n) is 8.05. The maximum Gasteiger partial charge on any atom is 0.413 e. The van der Waals surface area contributed by atoms with Crippen molar-refractivity contribution < 1.29 is 37.4 Å². The number of alkyl halides is 3. The van der Waals surface area contributed by atoms with E-state index in [0.29, 0.717) is 4.47 Å². The highest BCUT2D eigenvalue weighted by molar-refractivity contribution is 9.10. The summed E-state index contributed by atoms with van der Waals surface area (Å²) in [6.45, 7) is 3.67. The first kappa shape index (κ1) is 23.7. The highest BCUT2D eigenvalue weighted by Gasteiger charge is 2.47. The van der Waals surface area contributed by atoms with Crippen molar-refractivity contribution in [3.05, 3.63) is 34.3 Å². The number of hydrogen-bond donors (Lipinski definition) is 2. The zero-order valence-electron chi connectivity index (χ0n) is 15.3. The van der Waals surface area contributed by atoms with Crippen molar-refractivity contribution in [1.82, 2.24) is 10.2 Å². The molecule has 1 unspecified atom stereocenters. The van der Waals surface area contributed by atoms with Crippen LogP contribution in [-0.2, 0) is 14.3 Å². The Morgan fingerprint density at radius 1 is 1.18 bits per heavy atom. The molecular formula is C17H20BrF3N2O5. The van der Waals surface area contributed by atoms with Crippen molar-refractivity contribution in [3.8, 4) is 0 Å². The molecule has 0 radical (unpaired) electrons. The van der Waals surface area contributed by atoms with Gasteiger partial charge in [-0.1, -0.05) is 28.1 Å². The van der Waals surface area contributed by atoms with E-state index in [1.807, 2.05) is 0 Å². The van der Waals surface area contributed by atoms with Crippen LogP contribution in [-0.4, -0.2) is 52.8 Å². The fourth-order valence-corrected chi connectivity index (χ4v) is 2.52. The summed E-state index contributed by atoms with van der Waals surface area (Å²) in [5, 5.41) is 11.1. The second-order valence-electron chi connectivity index (χ2n) is 6.73. The number of nitrogens with one attached hydrogen (secondary N) is 1. The number of hydrogen-bond acceptors (Lipinski definition) is 4. The number of benzene rings is 1. The Bertz CT molecular complexity index is 717. The third-order valence-electron chi connectivity index (χ3n) is 3.27. The number of ether oxygens (including phenoxy) is 1. The van der Waals surface area contributed by atoms with Crippen LogP contribution in [0.3, 0.4) is 0 Å². The van der Waals surface area contributed by atoms with E-state index < -0.39 is 48.9 Å². The van der Waals surface area contributed by atoms with Crippen molar-refractivity contribution in [3.63, 3.8) is 0 Å². The molecule has 2 amide bonds. The number of carbonyl (C=O) groups is 3. The zero-order valence-corrected chi connectivity index (χ0v) is 16.9. The van der Waals surface area contributed by atoms with E-state index >= 15 is 0 Å². The number of aliphatic carboxylic acids is 1. The summed E-state index contributed by atoms with van der Waals surface area (Å²) >= 11 is 3.10. The Kier molecular flexibility index (Phi) is 7.85. The minimum absolute atomic E-state index is 0.156. The molecule has 0 bridgehead atoms. The molecule has 2 N–H and O–H groups in total. The summed E-state index contributed by atoms with van der Waals surface area (Å²) < 4.78 is 46.5. The number of halogens is 4. The SMILES string of the molecule is CC(C)(C)OC(=O)NCCN(C(=O)C(=O)O)C(c1ccc(Br)cc1)C(F)(F)F. The highest BCUT2D eigenvalue weighted by atomic mass is 79.9. The summed E-state index contributed by atoms with van der Waals surface area (Å²) in [6.07, 6.45) is -5.84. The fourth-order valence-electron chi connectivity index (χ4n) is 2.25. The molecule has 0 spiro atoms. The van der Waals surface area contributed by atoms with E-state index in [9.17, 15) is 27.6 Å². The molecule has 28 heavy (non-hydrogen) atoms. The molecule has 1 aromatic rings. The van der Waals surface area contributed by atoms with Crippen molar-refractivity contribution in [2.24, 2.45) is 0 Å². The molecular weight excluding hydrogens is 449 g/mol. The number of carboxylic acid groups (broad SMARTS) is 1. The van der Waals surface area contributed by atoms with Gasteiger partial charge in [-0.2, -0.15) is 13.2 Å². The van der Waals surface area contributed by atoms with Gasteiger partial charge < -0.3 is 20.1 Å². The predicted octanol–water partition coefficient (Wildman–Crippen LogP) is 3.49. The quantitative estimate of drug-likeness (QED) is 0.644. The number of carboxylic acids is 1. The maximum atomic E-state index is 13.7. The average molecular weight is 469 g/mol. The van der Waals surface area contributed by atoms with Gasteiger partial charge in [0.25, 0.3) is 0 Å². The lowest BCUT2D eigenvalue weighted by Crippen LogP contribution is -2.48. The number of rotatable bonds is 5. The lowest BCUT2D eigenvalue weighted by molar-refractivity contribution is -0.194. The maximum absolute atomic E-state index is 13.7. The van der Waals surface area contributed by atoms with Gasteiger partial charge in [0.2, 0.25) is 0 Å². The predicted molar refractivity (Wildman–Crippen MR) is 96.5 cm³/mol. The molecule has 0 saturated carbocycles. The molecule has 0 aliphatic rings. The monoisotopic (exact) mass is 468 g/mol. The van der Waals surface area contributed by atoms with Crippen molar-refractivity contribution >= 4 is 33.9 Å².